The maximum absolute atomic E-state index is 12.6. The smallest absolute Gasteiger partial charge is 0.410 e. The van der Waals surface area contributed by atoms with E-state index in [9.17, 15) is 19.2 Å². The number of hydrogen-bond acceptors (Lipinski definition) is 8. The van der Waals surface area contributed by atoms with E-state index in [0.717, 1.165) is 12.8 Å². The molecule has 168 valence electrons. The van der Waals surface area contributed by atoms with E-state index in [-0.39, 0.29) is 28.8 Å². The molecular weight excluding hydrogens is 434 g/mol. The van der Waals surface area contributed by atoms with E-state index >= 15 is 0 Å². The molecule has 1 atom stereocenters. The molecule has 0 bridgehead atoms. The Bertz CT molecular complexity index is 1050. The highest BCUT2D eigenvalue weighted by molar-refractivity contribution is 7.09. The van der Waals surface area contributed by atoms with Gasteiger partial charge >= 0.3 is 12.1 Å². The molecule has 1 unspecified atom stereocenters. The number of hydroxylamine groups is 2. The van der Waals surface area contributed by atoms with Gasteiger partial charge < -0.3 is 14.5 Å². The van der Waals surface area contributed by atoms with Gasteiger partial charge in [-0.1, -0.05) is 17.2 Å². The Morgan fingerprint density at radius 3 is 2.41 bits per heavy atom. The molecule has 0 spiro atoms. The van der Waals surface area contributed by atoms with Gasteiger partial charge in [0.15, 0.2) is 5.69 Å². The number of carbonyl (C=O) groups is 4. The van der Waals surface area contributed by atoms with Crippen LogP contribution in [0.5, 0.6) is 0 Å². The first kappa shape index (κ1) is 21.9. The fourth-order valence-electron chi connectivity index (χ4n) is 3.62. The van der Waals surface area contributed by atoms with Gasteiger partial charge in [-0.25, -0.2) is 14.6 Å². The SMILES string of the molecule is CC(C)(C)OC(=O)N1CCCC(c2nc(C(=O)ON3C(=O)c4ccccc4C3=O)cs2)C1. The van der Waals surface area contributed by atoms with E-state index in [2.05, 4.69) is 4.98 Å². The Balaban J connectivity index is 1.41. The van der Waals surface area contributed by atoms with Crippen molar-refractivity contribution in [1.29, 1.82) is 0 Å². The van der Waals surface area contributed by atoms with E-state index in [4.69, 9.17) is 9.57 Å². The van der Waals surface area contributed by atoms with Gasteiger partial charge in [0, 0.05) is 24.4 Å². The molecule has 32 heavy (non-hydrogen) atoms. The standard InChI is InChI=1S/C22H23N3O6S/c1-22(2,3)30-21(29)24-10-6-7-13(11-24)17-23-16(12-32-17)20(28)31-25-18(26)14-8-4-5-9-15(14)19(25)27/h4-5,8-9,12-13H,6-7,10-11H2,1-3H3. The van der Waals surface area contributed by atoms with Crippen molar-refractivity contribution in [2.75, 3.05) is 13.1 Å². The van der Waals surface area contributed by atoms with E-state index in [1.807, 2.05) is 20.8 Å². The third kappa shape index (κ3) is 4.36. The van der Waals surface area contributed by atoms with Gasteiger partial charge in [-0.2, -0.15) is 0 Å². The minimum atomic E-state index is -0.887. The van der Waals surface area contributed by atoms with Gasteiger partial charge in [0.1, 0.15) is 5.60 Å². The second-order valence-electron chi connectivity index (χ2n) is 8.67. The van der Waals surface area contributed by atoms with Crippen LogP contribution in [-0.2, 0) is 9.57 Å². The van der Waals surface area contributed by atoms with Crippen molar-refractivity contribution in [1.82, 2.24) is 14.9 Å². The molecule has 4 rings (SSSR count). The van der Waals surface area contributed by atoms with Crippen LogP contribution in [0.15, 0.2) is 29.6 Å². The second kappa shape index (κ2) is 8.34. The zero-order chi connectivity index (χ0) is 23.0. The summed E-state index contributed by atoms with van der Waals surface area (Å²) in [4.78, 5) is 60.8. The summed E-state index contributed by atoms with van der Waals surface area (Å²) in [6.07, 6.45) is 1.24. The second-order valence-corrected chi connectivity index (χ2v) is 9.56. The molecule has 0 saturated carbocycles. The van der Waals surface area contributed by atoms with Gasteiger partial charge in [0.25, 0.3) is 11.8 Å². The summed E-state index contributed by atoms with van der Waals surface area (Å²) in [6.45, 7) is 6.50. The molecule has 1 aromatic heterocycles. The molecule has 2 aromatic rings. The zero-order valence-electron chi connectivity index (χ0n) is 18.0. The number of fused-ring (bicyclic) bond motifs is 1. The van der Waals surface area contributed by atoms with Crippen LogP contribution in [0.25, 0.3) is 0 Å². The number of amides is 3. The monoisotopic (exact) mass is 457 g/mol. The largest absolute Gasteiger partial charge is 0.444 e. The molecule has 9 nitrogen and oxygen atoms in total. The molecule has 2 aliphatic rings. The number of benzene rings is 1. The van der Waals surface area contributed by atoms with Gasteiger partial charge in [-0.3, -0.25) is 9.59 Å². The highest BCUT2D eigenvalue weighted by Gasteiger charge is 2.39. The molecule has 1 aromatic carbocycles. The predicted octanol–water partition coefficient (Wildman–Crippen LogP) is 3.63. The van der Waals surface area contributed by atoms with Crippen molar-refractivity contribution < 1.29 is 28.8 Å². The highest BCUT2D eigenvalue weighted by atomic mass is 32.1. The molecule has 0 radical (unpaired) electrons. The Morgan fingerprint density at radius 1 is 1.12 bits per heavy atom. The number of imide groups is 1. The summed E-state index contributed by atoms with van der Waals surface area (Å²) >= 11 is 1.28. The lowest BCUT2D eigenvalue weighted by Crippen LogP contribution is -2.42. The molecule has 1 fully saturated rings. The van der Waals surface area contributed by atoms with E-state index < -0.39 is 23.4 Å². The third-order valence-corrected chi connectivity index (χ3v) is 6.09. The molecule has 0 aliphatic carbocycles. The number of nitrogens with zero attached hydrogens (tertiary/aromatic N) is 3. The summed E-state index contributed by atoms with van der Waals surface area (Å²) in [5.74, 6) is -2.30. The average Bonchev–Trinajstić information content (AvgIpc) is 3.33. The first-order chi connectivity index (χ1) is 15.1. The van der Waals surface area contributed by atoms with Crippen LogP contribution < -0.4 is 0 Å². The van der Waals surface area contributed by atoms with Crippen molar-refractivity contribution in [2.24, 2.45) is 0 Å². The van der Waals surface area contributed by atoms with Crippen LogP contribution in [-0.4, -0.2) is 57.5 Å². The number of carbonyl (C=O) groups excluding carboxylic acids is 4. The fourth-order valence-corrected chi connectivity index (χ4v) is 4.54. The van der Waals surface area contributed by atoms with Crippen LogP contribution in [0.1, 0.15) is 75.7 Å². The van der Waals surface area contributed by atoms with Crippen molar-refractivity contribution in [2.45, 2.75) is 45.1 Å². The number of rotatable bonds is 3. The topological polar surface area (TPSA) is 106 Å². The van der Waals surface area contributed by atoms with Crippen molar-refractivity contribution in [3.05, 3.63) is 51.5 Å². The first-order valence-corrected chi connectivity index (χ1v) is 11.2. The van der Waals surface area contributed by atoms with Crippen molar-refractivity contribution in [3.8, 4) is 0 Å². The van der Waals surface area contributed by atoms with Crippen LogP contribution in [0, 0.1) is 0 Å². The molecule has 3 amide bonds. The molecular formula is C22H23N3O6S. The van der Waals surface area contributed by atoms with Gasteiger partial charge in [0.2, 0.25) is 0 Å². The maximum atomic E-state index is 12.6. The summed E-state index contributed by atoms with van der Waals surface area (Å²) in [5, 5.41) is 2.69. The Labute approximate surface area is 188 Å². The van der Waals surface area contributed by atoms with Crippen molar-refractivity contribution in [3.63, 3.8) is 0 Å². The number of ether oxygens (including phenoxy) is 1. The normalized spacial score (nSPS) is 18.5. The molecule has 10 heteroatoms. The van der Waals surface area contributed by atoms with Crippen LogP contribution in [0.4, 0.5) is 4.79 Å². The van der Waals surface area contributed by atoms with Gasteiger partial charge in [-0.05, 0) is 45.7 Å². The van der Waals surface area contributed by atoms with E-state index in [1.54, 1.807) is 17.0 Å². The number of piperidine rings is 1. The Kier molecular flexibility index (Phi) is 5.72. The molecule has 0 N–H and O–H groups in total. The fraction of sp³-hybridized carbons (Fsp3) is 0.409. The predicted molar refractivity (Wildman–Crippen MR) is 114 cm³/mol. The summed E-state index contributed by atoms with van der Waals surface area (Å²) in [7, 11) is 0. The van der Waals surface area contributed by atoms with E-state index in [0.29, 0.717) is 23.2 Å². The Morgan fingerprint density at radius 2 is 1.78 bits per heavy atom. The minimum Gasteiger partial charge on any atom is -0.444 e. The maximum Gasteiger partial charge on any atom is 0.410 e. The van der Waals surface area contributed by atoms with Crippen LogP contribution in [0.2, 0.25) is 0 Å². The summed E-state index contributed by atoms with van der Waals surface area (Å²) in [6, 6.07) is 6.27. The van der Waals surface area contributed by atoms with Crippen molar-refractivity contribution >= 4 is 35.2 Å². The third-order valence-electron chi connectivity index (χ3n) is 5.08. The number of likely N-dealkylation sites (tertiary alicyclic amines) is 1. The number of thiazole rings is 1. The first-order valence-electron chi connectivity index (χ1n) is 10.3. The molecule has 2 aliphatic heterocycles. The van der Waals surface area contributed by atoms with Crippen LogP contribution in [0.3, 0.4) is 0 Å². The van der Waals surface area contributed by atoms with E-state index in [1.165, 1.54) is 28.8 Å². The molecule has 1 saturated heterocycles. The minimum absolute atomic E-state index is 0.0101. The van der Waals surface area contributed by atoms with Gasteiger partial charge in [-0.15, -0.1) is 11.3 Å². The summed E-state index contributed by atoms with van der Waals surface area (Å²) in [5.41, 5.74) is -0.190. The lowest BCUT2D eigenvalue weighted by molar-refractivity contribution is -0.0588. The number of aromatic nitrogens is 1. The quantitative estimate of drug-likeness (QED) is 0.648. The highest BCUT2D eigenvalue weighted by Crippen LogP contribution is 2.31. The summed E-state index contributed by atoms with van der Waals surface area (Å²) < 4.78 is 5.45. The lowest BCUT2D eigenvalue weighted by atomic mass is 9.99. The average molecular weight is 458 g/mol. The van der Waals surface area contributed by atoms with Crippen LogP contribution >= 0.6 is 11.3 Å². The lowest BCUT2D eigenvalue weighted by Gasteiger charge is -2.33. The number of hydrogen-bond donors (Lipinski definition) is 0. The Hall–Kier alpha value is -3.27. The van der Waals surface area contributed by atoms with Gasteiger partial charge in [0.05, 0.1) is 16.1 Å². The molecule has 3 heterocycles. The zero-order valence-corrected chi connectivity index (χ0v) is 18.8.